The molecule has 0 atom stereocenters. The minimum Gasteiger partial charge on any atom is -0.458 e. The van der Waals surface area contributed by atoms with Crippen LogP contribution in [0.4, 0.5) is 0 Å². The van der Waals surface area contributed by atoms with Crippen LogP contribution in [0, 0.1) is 6.92 Å². The van der Waals surface area contributed by atoms with Gasteiger partial charge in [-0.3, -0.25) is 4.79 Å². The highest BCUT2D eigenvalue weighted by molar-refractivity contribution is 6.29. The van der Waals surface area contributed by atoms with Crippen LogP contribution in [0.2, 0.25) is 5.15 Å². The van der Waals surface area contributed by atoms with Crippen LogP contribution in [0.15, 0.2) is 41.0 Å². The number of ketones is 1. The van der Waals surface area contributed by atoms with E-state index in [1.165, 1.54) is 6.08 Å². The summed E-state index contributed by atoms with van der Waals surface area (Å²) < 4.78 is 5.22. The van der Waals surface area contributed by atoms with Gasteiger partial charge in [-0.2, -0.15) is 0 Å². The predicted molar refractivity (Wildman–Crippen MR) is 66.1 cm³/mol. The van der Waals surface area contributed by atoms with Gasteiger partial charge < -0.3 is 4.42 Å². The molecule has 0 saturated heterocycles. The van der Waals surface area contributed by atoms with Crippen LogP contribution in [0.1, 0.15) is 21.9 Å². The number of halogens is 1. The molecule has 0 aliphatic heterocycles. The first-order valence-electron chi connectivity index (χ1n) is 5.05. The zero-order valence-electron chi connectivity index (χ0n) is 9.18. The Kier molecular flexibility index (Phi) is 3.40. The lowest BCUT2D eigenvalue weighted by Gasteiger charge is -1.92. The Morgan fingerprint density at radius 1 is 1.35 bits per heavy atom. The SMILES string of the molecule is Cc1ccc(C(=O)C=Cc2ccc(Cl)nc2)o1. The van der Waals surface area contributed by atoms with E-state index in [-0.39, 0.29) is 5.78 Å². The summed E-state index contributed by atoms with van der Waals surface area (Å²) in [6.07, 6.45) is 4.71. The van der Waals surface area contributed by atoms with Gasteiger partial charge in [-0.1, -0.05) is 17.7 Å². The Hall–Kier alpha value is -1.87. The summed E-state index contributed by atoms with van der Waals surface area (Å²) in [6.45, 7) is 1.80. The third kappa shape index (κ3) is 3.04. The summed E-state index contributed by atoms with van der Waals surface area (Å²) in [5.41, 5.74) is 0.811. The maximum Gasteiger partial charge on any atom is 0.221 e. The number of allylic oxidation sites excluding steroid dienone is 1. The fourth-order valence-corrected chi connectivity index (χ4v) is 1.42. The second-order valence-electron chi connectivity index (χ2n) is 3.52. The lowest BCUT2D eigenvalue weighted by molar-refractivity contribution is 0.102. The molecule has 0 spiro atoms. The topological polar surface area (TPSA) is 43.1 Å². The normalized spacial score (nSPS) is 10.9. The summed E-state index contributed by atoms with van der Waals surface area (Å²) in [7, 11) is 0. The Balaban J connectivity index is 2.10. The number of furan rings is 1. The average Bonchev–Trinajstić information content (AvgIpc) is 2.75. The van der Waals surface area contributed by atoms with Gasteiger partial charge in [0.1, 0.15) is 10.9 Å². The van der Waals surface area contributed by atoms with Gasteiger partial charge in [-0.25, -0.2) is 4.98 Å². The second-order valence-corrected chi connectivity index (χ2v) is 3.91. The third-order valence-electron chi connectivity index (χ3n) is 2.16. The van der Waals surface area contributed by atoms with Gasteiger partial charge in [0, 0.05) is 6.20 Å². The van der Waals surface area contributed by atoms with Crippen LogP contribution in [0.3, 0.4) is 0 Å². The highest BCUT2D eigenvalue weighted by Crippen LogP contribution is 2.10. The molecule has 0 unspecified atom stereocenters. The van der Waals surface area contributed by atoms with Crippen LogP contribution in [0.25, 0.3) is 6.08 Å². The van der Waals surface area contributed by atoms with E-state index >= 15 is 0 Å². The van der Waals surface area contributed by atoms with Crippen LogP contribution >= 0.6 is 11.6 Å². The van der Waals surface area contributed by atoms with Crippen molar-refractivity contribution in [2.75, 3.05) is 0 Å². The van der Waals surface area contributed by atoms with Crippen LogP contribution in [0.5, 0.6) is 0 Å². The molecule has 0 radical (unpaired) electrons. The molecule has 0 amide bonds. The van der Waals surface area contributed by atoms with Crippen molar-refractivity contribution in [2.24, 2.45) is 0 Å². The number of aryl methyl sites for hydroxylation is 1. The molecule has 0 fully saturated rings. The van der Waals surface area contributed by atoms with Gasteiger partial charge >= 0.3 is 0 Å². The summed E-state index contributed by atoms with van der Waals surface area (Å²) in [4.78, 5) is 15.6. The number of pyridine rings is 1. The second kappa shape index (κ2) is 4.97. The monoisotopic (exact) mass is 247 g/mol. The van der Waals surface area contributed by atoms with Crippen LogP contribution in [-0.2, 0) is 0 Å². The maximum absolute atomic E-state index is 11.7. The quantitative estimate of drug-likeness (QED) is 0.473. The molecule has 2 rings (SSSR count). The fraction of sp³-hybridized carbons (Fsp3) is 0.0769. The molecular weight excluding hydrogens is 238 g/mol. The van der Waals surface area contributed by atoms with Crippen molar-refractivity contribution in [3.63, 3.8) is 0 Å². The van der Waals surface area contributed by atoms with Gasteiger partial charge in [-0.05, 0) is 42.8 Å². The van der Waals surface area contributed by atoms with E-state index in [0.717, 1.165) is 11.3 Å². The van der Waals surface area contributed by atoms with Crippen LogP contribution in [-0.4, -0.2) is 10.8 Å². The Morgan fingerprint density at radius 2 is 2.18 bits per heavy atom. The molecule has 0 saturated carbocycles. The van der Waals surface area contributed by atoms with Gasteiger partial charge in [0.05, 0.1) is 0 Å². The van der Waals surface area contributed by atoms with Crippen molar-refractivity contribution in [2.45, 2.75) is 6.92 Å². The minimum atomic E-state index is -0.173. The number of carbonyl (C=O) groups is 1. The fourth-order valence-electron chi connectivity index (χ4n) is 1.31. The van der Waals surface area contributed by atoms with Crippen molar-refractivity contribution in [3.8, 4) is 0 Å². The number of hydrogen-bond donors (Lipinski definition) is 0. The minimum absolute atomic E-state index is 0.173. The van der Waals surface area contributed by atoms with E-state index in [4.69, 9.17) is 16.0 Å². The molecule has 4 heteroatoms. The largest absolute Gasteiger partial charge is 0.458 e. The van der Waals surface area contributed by atoms with E-state index < -0.39 is 0 Å². The Bertz CT molecular complexity index is 555. The molecule has 0 bridgehead atoms. The van der Waals surface area contributed by atoms with Crippen molar-refractivity contribution >= 4 is 23.5 Å². The highest BCUT2D eigenvalue weighted by Gasteiger charge is 2.05. The molecule has 0 N–H and O–H groups in total. The summed E-state index contributed by atoms with van der Waals surface area (Å²) in [6, 6.07) is 6.86. The molecule has 0 aromatic carbocycles. The molecule has 3 nitrogen and oxygen atoms in total. The standard InChI is InChI=1S/C13H10ClNO2/c1-9-2-6-12(17-9)11(16)5-3-10-4-7-13(14)15-8-10/h2-8H,1H3. The lowest BCUT2D eigenvalue weighted by Crippen LogP contribution is -1.90. The van der Waals surface area contributed by atoms with Gasteiger partial charge in [-0.15, -0.1) is 0 Å². The van der Waals surface area contributed by atoms with Crippen molar-refractivity contribution in [3.05, 3.63) is 58.8 Å². The molecule has 2 aromatic rings. The molecule has 2 heterocycles. The molecular formula is C13H10ClNO2. The molecule has 2 aromatic heterocycles. The number of rotatable bonds is 3. The van der Waals surface area contributed by atoms with E-state index in [2.05, 4.69) is 4.98 Å². The summed E-state index contributed by atoms with van der Waals surface area (Å²) in [5, 5.41) is 0.426. The first kappa shape index (κ1) is 11.6. The maximum atomic E-state index is 11.7. The molecule has 0 aliphatic rings. The van der Waals surface area contributed by atoms with Crippen molar-refractivity contribution in [1.82, 2.24) is 4.98 Å². The zero-order valence-corrected chi connectivity index (χ0v) is 9.94. The average molecular weight is 248 g/mol. The first-order valence-corrected chi connectivity index (χ1v) is 5.43. The smallest absolute Gasteiger partial charge is 0.221 e. The molecule has 17 heavy (non-hydrogen) atoms. The van der Waals surface area contributed by atoms with E-state index in [9.17, 15) is 4.79 Å². The van der Waals surface area contributed by atoms with Gasteiger partial charge in [0.15, 0.2) is 5.76 Å². The first-order chi connectivity index (χ1) is 8.15. The van der Waals surface area contributed by atoms with Crippen molar-refractivity contribution < 1.29 is 9.21 Å². The Morgan fingerprint density at radius 3 is 2.76 bits per heavy atom. The number of carbonyl (C=O) groups excluding carboxylic acids is 1. The number of aromatic nitrogens is 1. The summed E-state index contributed by atoms with van der Waals surface area (Å²) >= 11 is 5.66. The lowest BCUT2D eigenvalue weighted by atomic mass is 10.2. The Labute approximate surface area is 104 Å². The molecule has 0 aliphatic carbocycles. The van der Waals surface area contributed by atoms with E-state index in [1.807, 2.05) is 0 Å². The molecule has 86 valence electrons. The van der Waals surface area contributed by atoms with Gasteiger partial charge in [0.2, 0.25) is 5.78 Å². The van der Waals surface area contributed by atoms with E-state index in [0.29, 0.717) is 10.9 Å². The van der Waals surface area contributed by atoms with Crippen LogP contribution < -0.4 is 0 Å². The predicted octanol–water partition coefficient (Wildman–Crippen LogP) is 3.53. The summed E-state index contributed by atoms with van der Waals surface area (Å²) in [5.74, 6) is 0.878. The number of hydrogen-bond acceptors (Lipinski definition) is 3. The zero-order chi connectivity index (χ0) is 12.3. The van der Waals surface area contributed by atoms with Crippen molar-refractivity contribution in [1.29, 1.82) is 0 Å². The third-order valence-corrected chi connectivity index (χ3v) is 2.38. The number of nitrogens with zero attached hydrogens (tertiary/aromatic N) is 1. The van der Waals surface area contributed by atoms with E-state index in [1.54, 1.807) is 43.5 Å². The highest BCUT2D eigenvalue weighted by atomic mass is 35.5. The van der Waals surface area contributed by atoms with Gasteiger partial charge in [0.25, 0.3) is 0 Å².